The lowest BCUT2D eigenvalue weighted by molar-refractivity contribution is 0.624. The molecule has 0 radical (unpaired) electrons. The van der Waals surface area contributed by atoms with Crippen molar-refractivity contribution in [2.24, 2.45) is 0 Å². The number of thiophene rings is 1. The summed E-state index contributed by atoms with van der Waals surface area (Å²) >= 11 is 1.45. The Labute approximate surface area is 100.0 Å². The number of nitrogens with zero attached hydrogens (tertiary/aromatic N) is 3. The Morgan fingerprint density at radius 1 is 1.24 bits per heavy atom. The summed E-state index contributed by atoms with van der Waals surface area (Å²) in [7, 11) is 0. The Kier molecular flexibility index (Phi) is 2.22. The molecule has 0 aliphatic carbocycles. The number of nitrogen functional groups attached to an aromatic ring is 1. The van der Waals surface area contributed by atoms with E-state index >= 15 is 0 Å². The Hall–Kier alpha value is -2.08. The lowest BCUT2D eigenvalue weighted by Gasteiger charge is -2.04. The minimum absolute atomic E-state index is 0.145. The number of hydrogen-bond donors (Lipinski definition) is 1. The molecule has 0 aliphatic rings. The van der Waals surface area contributed by atoms with Crippen molar-refractivity contribution in [3.8, 4) is 11.3 Å². The number of anilines is 1. The highest BCUT2D eigenvalue weighted by molar-refractivity contribution is 7.16. The van der Waals surface area contributed by atoms with Crippen molar-refractivity contribution in [2.45, 2.75) is 0 Å². The highest BCUT2D eigenvalue weighted by Gasteiger charge is 2.12. The van der Waals surface area contributed by atoms with Gasteiger partial charge in [0, 0.05) is 17.1 Å². The number of fused-ring (bicyclic) bond motifs is 1. The number of nitrogens with two attached hydrogens (primary N) is 1. The smallest absolute Gasteiger partial charge is 0.221 e. The van der Waals surface area contributed by atoms with E-state index in [0.717, 1.165) is 16.4 Å². The van der Waals surface area contributed by atoms with E-state index < -0.39 is 5.82 Å². The molecule has 0 spiro atoms. The first-order valence-corrected chi connectivity index (χ1v) is 5.74. The first-order valence-electron chi connectivity index (χ1n) is 4.86. The van der Waals surface area contributed by atoms with Gasteiger partial charge in [-0.2, -0.15) is 0 Å². The largest absolute Gasteiger partial charge is 0.368 e. The van der Waals surface area contributed by atoms with Crippen LogP contribution in [0, 0.1) is 5.82 Å². The predicted octanol–water partition coefficient (Wildman–Crippen LogP) is 2.47. The molecule has 4 nitrogen and oxygen atoms in total. The van der Waals surface area contributed by atoms with Crippen LogP contribution in [0.3, 0.4) is 0 Å². The third-order valence-electron chi connectivity index (χ3n) is 2.37. The molecule has 0 saturated heterocycles. The summed E-state index contributed by atoms with van der Waals surface area (Å²) < 4.78 is 13.7. The molecule has 6 heteroatoms. The Balaban J connectivity index is 2.37. The molecule has 0 amide bonds. The zero-order valence-corrected chi connectivity index (χ0v) is 9.41. The van der Waals surface area contributed by atoms with Crippen molar-refractivity contribution in [1.29, 1.82) is 0 Å². The van der Waals surface area contributed by atoms with E-state index in [0.29, 0.717) is 11.3 Å². The summed E-state index contributed by atoms with van der Waals surface area (Å²) in [6.45, 7) is 0. The molecule has 3 rings (SSSR count). The molecule has 3 aromatic heterocycles. The van der Waals surface area contributed by atoms with Gasteiger partial charge >= 0.3 is 0 Å². The second kappa shape index (κ2) is 3.74. The first kappa shape index (κ1) is 10.1. The maximum absolute atomic E-state index is 13.7. The topological polar surface area (TPSA) is 64.7 Å². The van der Waals surface area contributed by atoms with Crippen LogP contribution in [-0.2, 0) is 0 Å². The van der Waals surface area contributed by atoms with E-state index in [9.17, 15) is 4.39 Å². The van der Waals surface area contributed by atoms with Gasteiger partial charge < -0.3 is 5.73 Å². The van der Waals surface area contributed by atoms with Gasteiger partial charge in [-0.1, -0.05) is 0 Å². The summed E-state index contributed by atoms with van der Waals surface area (Å²) in [5.41, 5.74) is 6.51. The fourth-order valence-corrected chi connectivity index (χ4v) is 2.42. The average Bonchev–Trinajstić information content (AvgIpc) is 2.76. The number of aromatic nitrogens is 3. The second-order valence-electron chi connectivity index (χ2n) is 3.43. The molecule has 0 aliphatic heterocycles. The van der Waals surface area contributed by atoms with E-state index in [1.807, 2.05) is 11.4 Å². The van der Waals surface area contributed by atoms with Crippen LogP contribution < -0.4 is 5.73 Å². The van der Waals surface area contributed by atoms with Crippen molar-refractivity contribution in [2.75, 3.05) is 5.73 Å². The van der Waals surface area contributed by atoms with Crippen molar-refractivity contribution in [1.82, 2.24) is 15.0 Å². The number of pyridine rings is 1. The van der Waals surface area contributed by atoms with Crippen LogP contribution in [0.15, 0.2) is 29.9 Å². The van der Waals surface area contributed by atoms with Gasteiger partial charge in [0.15, 0.2) is 5.82 Å². The van der Waals surface area contributed by atoms with Crippen LogP contribution in [0.2, 0.25) is 0 Å². The third kappa shape index (κ3) is 1.62. The van der Waals surface area contributed by atoms with Gasteiger partial charge in [0.25, 0.3) is 0 Å². The zero-order chi connectivity index (χ0) is 11.8. The van der Waals surface area contributed by atoms with E-state index in [1.165, 1.54) is 17.5 Å². The predicted molar refractivity (Wildman–Crippen MR) is 65.0 cm³/mol. The molecule has 3 heterocycles. The molecule has 0 bridgehead atoms. The van der Waals surface area contributed by atoms with Crippen LogP contribution >= 0.6 is 11.3 Å². The molecule has 0 atom stereocenters. The lowest BCUT2D eigenvalue weighted by Crippen LogP contribution is -1.97. The normalized spacial score (nSPS) is 10.9. The van der Waals surface area contributed by atoms with Gasteiger partial charge in [-0.25, -0.2) is 14.4 Å². The van der Waals surface area contributed by atoms with E-state index in [4.69, 9.17) is 5.73 Å². The molecule has 0 aromatic carbocycles. The number of halogens is 1. The molecular weight excluding hydrogens is 239 g/mol. The van der Waals surface area contributed by atoms with E-state index in [2.05, 4.69) is 15.0 Å². The Bertz CT molecular complexity index is 695. The summed E-state index contributed by atoms with van der Waals surface area (Å²) in [4.78, 5) is 12.7. The van der Waals surface area contributed by atoms with Gasteiger partial charge in [0.2, 0.25) is 5.95 Å². The standard InChI is InChI=1S/C11H7FN4S/c12-8-5-14-3-1-6(8)9-7-2-4-17-10(7)16-11(13)15-9/h1-5H,(H2,13,15,16). The molecule has 2 N–H and O–H groups in total. The van der Waals surface area contributed by atoms with E-state index in [1.54, 1.807) is 6.07 Å². The number of hydrogen-bond acceptors (Lipinski definition) is 5. The van der Waals surface area contributed by atoms with Crippen molar-refractivity contribution in [3.05, 3.63) is 35.7 Å². The van der Waals surface area contributed by atoms with Crippen molar-refractivity contribution < 1.29 is 4.39 Å². The highest BCUT2D eigenvalue weighted by atomic mass is 32.1. The quantitative estimate of drug-likeness (QED) is 0.716. The maximum atomic E-state index is 13.7. The third-order valence-corrected chi connectivity index (χ3v) is 3.18. The monoisotopic (exact) mass is 246 g/mol. The molecule has 17 heavy (non-hydrogen) atoms. The molecule has 3 aromatic rings. The van der Waals surface area contributed by atoms with Crippen LogP contribution in [0.25, 0.3) is 21.5 Å². The Morgan fingerprint density at radius 3 is 2.94 bits per heavy atom. The van der Waals surface area contributed by atoms with Crippen LogP contribution in [0.5, 0.6) is 0 Å². The molecule has 0 fully saturated rings. The molecule has 0 unspecified atom stereocenters. The van der Waals surface area contributed by atoms with Gasteiger partial charge in [-0.3, -0.25) is 4.98 Å². The molecule has 0 saturated carbocycles. The highest BCUT2D eigenvalue weighted by Crippen LogP contribution is 2.30. The van der Waals surface area contributed by atoms with Crippen LogP contribution in [-0.4, -0.2) is 15.0 Å². The minimum atomic E-state index is -0.418. The van der Waals surface area contributed by atoms with Crippen LogP contribution in [0.4, 0.5) is 10.3 Å². The van der Waals surface area contributed by atoms with Crippen molar-refractivity contribution in [3.63, 3.8) is 0 Å². The van der Waals surface area contributed by atoms with E-state index in [-0.39, 0.29) is 5.95 Å². The average molecular weight is 246 g/mol. The maximum Gasteiger partial charge on any atom is 0.221 e. The molecule has 84 valence electrons. The van der Waals surface area contributed by atoms with Crippen LogP contribution in [0.1, 0.15) is 0 Å². The lowest BCUT2D eigenvalue weighted by atomic mass is 10.1. The summed E-state index contributed by atoms with van der Waals surface area (Å²) in [5.74, 6) is -0.274. The second-order valence-corrected chi connectivity index (χ2v) is 4.32. The van der Waals surface area contributed by atoms with Gasteiger partial charge in [0.1, 0.15) is 4.83 Å². The van der Waals surface area contributed by atoms with Gasteiger partial charge in [-0.05, 0) is 17.5 Å². The van der Waals surface area contributed by atoms with Crippen molar-refractivity contribution >= 4 is 27.5 Å². The first-order chi connectivity index (χ1) is 8.25. The zero-order valence-electron chi connectivity index (χ0n) is 8.59. The summed E-state index contributed by atoms with van der Waals surface area (Å²) in [5, 5.41) is 2.68. The fourth-order valence-electron chi connectivity index (χ4n) is 1.64. The van der Waals surface area contributed by atoms with Gasteiger partial charge in [-0.15, -0.1) is 11.3 Å². The Morgan fingerprint density at radius 2 is 2.12 bits per heavy atom. The number of rotatable bonds is 1. The summed E-state index contributed by atoms with van der Waals surface area (Å²) in [6, 6.07) is 3.43. The summed E-state index contributed by atoms with van der Waals surface area (Å²) in [6.07, 6.45) is 2.68. The fraction of sp³-hybridized carbons (Fsp3) is 0. The van der Waals surface area contributed by atoms with Gasteiger partial charge in [0.05, 0.1) is 11.9 Å². The molecular formula is C11H7FN4S. The minimum Gasteiger partial charge on any atom is -0.368 e. The SMILES string of the molecule is Nc1nc(-c2ccncc2F)c2ccsc2n1.